The van der Waals surface area contributed by atoms with E-state index in [0.717, 1.165) is 16.2 Å². The number of ether oxygens (including phenoxy) is 1. The number of carbonyl (C=O) groups is 2. The van der Waals surface area contributed by atoms with Crippen molar-refractivity contribution in [1.29, 1.82) is 0 Å². The molecule has 188 valence electrons. The highest BCUT2D eigenvalue weighted by atomic mass is 35.5. The molecule has 0 aliphatic carbocycles. The summed E-state index contributed by atoms with van der Waals surface area (Å²) in [5.41, 5.74) is 2.44. The Morgan fingerprint density at radius 1 is 0.838 bits per heavy atom. The van der Waals surface area contributed by atoms with Crippen LogP contribution in [0.25, 0.3) is 0 Å². The fraction of sp³-hybridized carbons (Fsp3) is 0.103. The number of carbonyl (C=O) groups excluding carboxylic acids is 2. The van der Waals surface area contributed by atoms with Crippen molar-refractivity contribution in [2.75, 3.05) is 17.2 Å². The zero-order chi connectivity index (χ0) is 26.2. The summed E-state index contributed by atoms with van der Waals surface area (Å²) in [7, 11) is 0. The van der Waals surface area contributed by atoms with Gasteiger partial charge in [-0.2, -0.15) is 0 Å². The Morgan fingerprint density at radius 3 is 2.30 bits per heavy atom. The molecule has 0 aliphatic heterocycles. The zero-order valence-corrected chi connectivity index (χ0v) is 22.2. The minimum absolute atomic E-state index is 0.164. The van der Waals surface area contributed by atoms with Crippen molar-refractivity contribution in [2.45, 2.75) is 17.1 Å². The maximum Gasteiger partial charge on any atom is 0.257 e. The van der Waals surface area contributed by atoms with Crippen LogP contribution in [-0.4, -0.2) is 18.4 Å². The summed E-state index contributed by atoms with van der Waals surface area (Å²) >= 11 is 13.5. The molecule has 0 spiro atoms. The first-order valence-corrected chi connectivity index (χ1v) is 13.2. The third-order valence-electron chi connectivity index (χ3n) is 5.29. The van der Waals surface area contributed by atoms with Gasteiger partial charge < -0.3 is 15.4 Å². The summed E-state index contributed by atoms with van der Waals surface area (Å²) in [6, 6.07) is 28.9. The summed E-state index contributed by atoms with van der Waals surface area (Å²) in [4.78, 5) is 27.0. The SMILES string of the molecule is CCOc1ccc(NC(=O)C(Sc2cccc(NC(=O)c3ccc(Cl)cc3Cl)c2)c2ccccc2)cc1. The Labute approximate surface area is 230 Å². The van der Waals surface area contributed by atoms with Crippen LogP contribution in [0.2, 0.25) is 10.0 Å². The quantitative estimate of drug-likeness (QED) is 0.206. The van der Waals surface area contributed by atoms with Gasteiger partial charge in [0, 0.05) is 21.3 Å². The first-order chi connectivity index (χ1) is 17.9. The molecule has 1 atom stereocenters. The van der Waals surface area contributed by atoms with Crippen LogP contribution < -0.4 is 15.4 Å². The number of anilines is 2. The van der Waals surface area contributed by atoms with Gasteiger partial charge in [0.1, 0.15) is 11.0 Å². The second-order valence-corrected chi connectivity index (χ2v) is 9.98. The molecule has 0 aromatic heterocycles. The highest BCUT2D eigenvalue weighted by Gasteiger charge is 2.22. The van der Waals surface area contributed by atoms with Gasteiger partial charge in [-0.3, -0.25) is 9.59 Å². The molecule has 0 fully saturated rings. The van der Waals surface area contributed by atoms with Crippen molar-refractivity contribution < 1.29 is 14.3 Å². The molecule has 8 heteroatoms. The molecule has 2 amide bonds. The Balaban J connectivity index is 1.52. The van der Waals surface area contributed by atoms with Crippen LogP contribution >= 0.6 is 35.0 Å². The van der Waals surface area contributed by atoms with Gasteiger partial charge in [-0.1, -0.05) is 59.6 Å². The summed E-state index contributed by atoms with van der Waals surface area (Å²) < 4.78 is 5.48. The van der Waals surface area contributed by atoms with Gasteiger partial charge in [0.15, 0.2) is 0 Å². The van der Waals surface area contributed by atoms with Gasteiger partial charge >= 0.3 is 0 Å². The third-order valence-corrected chi connectivity index (χ3v) is 7.09. The molecule has 2 N–H and O–H groups in total. The number of thioether (sulfide) groups is 1. The van der Waals surface area contributed by atoms with Crippen LogP contribution in [0, 0.1) is 0 Å². The van der Waals surface area contributed by atoms with Crippen LogP contribution in [0.3, 0.4) is 0 Å². The lowest BCUT2D eigenvalue weighted by Gasteiger charge is -2.18. The van der Waals surface area contributed by atoms with E-state index in [9.17, 15) is 9.59 Å². The second kappa shape index (κ2) is 12.7. The Kier molecular flexibility index (Phi) is 9.12. The lowest BCUT2D eigenvalue weighted by molar-refractivity contribution is -0.115. The van der Waals surface area contributed by atoms with Crippen molar-refractivity contribution in [3.8, 4) is 5.75 Å². The summed E-state index contributed by atoms with van der Waals surface area (Å²) in [6.45, 7) is 2.50. The van der Waals surface area contributed by atoms with Gasteiger partial charge in [0.05, 0.1) is 17.2 Å². The number of hydrogen-bond donors (Lipinski definition) is 2. The average molecular weight is 551 g/mol. The molecule has 37 heavy (non-hydrogen) atoms. The van der Waals surface area contributed by atoms with Gasteiger partial charge in [-0.15, -0.1) is 11.8 Å². The maximum atomic E-state index is 13.4. The Morgan fingerprint density at radius 2 is 1.59 bits per heavy atom. The normalized spacial score (nSPS) is 11.4. The van der Waals surface area contributed by atoms with E-state index < -0.39 is 5.25 Å². The van der Waals surface area contributed by atoms with Gasteiger partial charge in [-0.05, 0) is 73.2 Å². The summed E-state index contributed by atoms with van der Waals surface area (Å²) in [6.07, 6.45) is 0. The van der Waals surface area contributed by atoms with Crippen LogP contribution in [0.15, 0.2) is 102 Å². The number of benzene rings is 4. The molecule has 0 saturated heterocycles. The van der Waals surface area contributed by atoms with E-state index in [0.29, 0.717) is 28.6 Å². The van der Waals surface area contributed by atoms with E-state index in [-0.39, 0.29) is 16.8 Å². The van der Waals surface area contributed by atoms with Crippen LogP contribution in [-0.2, 0) is 4.79 Å². The predicted molar refractivity (Wildman–Crippen MR) is 152 cm³/mol. The fourth-order valence-corrected chi connectivity index (χ4v) is 5.14. The van der Waals surface area contributed by atoms with Gasteiger partial charge in [0.2, 0.25) is 5.91 Å². The standard InChI is InChI=1S/C29H24Cl2N2O3S/c1-2-36-23-14-12-21(13-15-23)32-29(35)27(19-7-4-3-5-8-19)37-24-10-6-9-22(18-24)33-28(34)25-16-11-20(30)17-26(25)31/h3-18,27H,2H2,1H3,(H,32,35)(H,33,34). The Bertz CT molecular complexity index is 1380. The molecule has 0 heterocycles. The largest absolute Gasteiger partial charge is 0.494 e. The van der Waals surface area contributed by atoms with E-state index in [1.54, 1.807) is 18.2 Å². The van der Waals surface area contributed by atoms with Gasteiger partial charge in [-0.25, -0.2) is 0 Å². The molecule has 4 rings (SSSR count). The second-order valence-electron chi connectivity index (χ2n) is 7.96. The minimum Gasteiger partial charge on any atom is -0.494 e. The molecule has 0 bridgehead atoms. The minimum atomic E-state index is -0.524. The maximum absolute atomic E-state index is 13.4. The number of amides is 2. The van der Waals surface area contributed by atoms with Crippen molar-refractivity contribution >= 4 is 58.2 Å². The van der Waals surface area contributed by atoms with Crippen molar-refractivity contribution in [3.63, 3.8) is 0 Å². The third kappa shape index (κ3) is 7.29. The number of nitrogens with one attached hydrogen (secondary N) is 2. The highest BCUT2D eigenvalue weighted by Crippen LogP contribution is 2.37. The van der Waals surface area contributed by atoms with E-state index in [1.165, 1.54) is 17.8 Å². The topological polar surface area (TPSA) is 67.4 Å². The average Bonchev–Trinajstić information content (AvgIpc) is 2.89. The zero-order valence-electron chi connectivity index (χ0n) is 19.9. The lowest BCUT2D eigenvalue weighted by atomic mass is 10.1. The highest BCUT2D eigenvalue weighted by molar-refractivity contribution is 8.00. The first kappa shape index (κ1) is 26.6. The molecule has 5 nitrogen and oxygen atoms in total. The van der Waals surface area contributed by atoms with Crippen LogP contribution in [0.4, 0.5) is 11.4 Å². The summed E-state index contributed by atoms with van der Waals surface area (Å²) in [5.74, 6) is 0.229. The van der Waals surface area contributed by atoms with Crippen LogP contribution in [0.5, 0.6) is 5.75 Å². The smallest absolute Gasteiger partial charge is 0.257 e. The number of rotatable bonds is 9. The molecular weight excluding hydrogens is 527 g/mol. The Hall–Kier alpha value is -3.45. The van der Waals surface area contributed by atoms with E-state index in [4.69, 9.17) is 27.9 Å². The number of hydrogen-bond acceptors (Lipinski definition) is 4. The van der Waals surface area contributed by atoms with Crippen molar-refractivity contribution in [2.24, 2.45) is 0 Å². The number of halogens is 2. The van der Waals surface area contributed by atoms with Crippen LogP contribution in [0.1, 0.15) is 28.1 Å². The molecule has 0 radical (unpaired) electrons. The molecule has 4 aromatic rings. The monoisotopic (exact) mass is 550 g/mol. The fourth-order valence-electron chi connectivity index (χ4n) is 3.57. The van der Waals surface area contributed by atoms with E-state index in [2.05, 4.69) is 10.6 Å². The lowest BCUT2D eigenvalue weighted by Crippen LogP contribution is -2.19. The molecule has 1 unspecified atom stereocenters. The predicted octanol–water partition coefficient (Wildman–Crippen LogP) is 8.12. The first-order valence-electron chi connectivity index (χ1n) is 11.5. The summed E-state index contributed by atoms with van der Waals surface area (Å²) in [5, 5.41) is 6.06. The van der Waals surface area contributed by atoms with E-state index in [1.807, 2.05) is 79.7 Å². The molecule has 0 aliphatic rings. The molecule has 0 saturated carbocycles. The van der Waals surface area contributed by atoms with E-state index >= 15 is 0 Å². The molecule has 4 aromatic carbocycles. The van der Waals surface area contributed by atoms with Gasteiger partial charge in [0.25, 0.3) is 5.91 Å². The van der Waals surface area contributed by atoms with Crippen molar-refractivity contribution in [1.82, 2.24) is 0 Å². The molecular formula is C29H24Cl2N2O3S. The van der Waals surface area contributed by atoms with Crippen molar-refractivity contribution in [3.05, 3.63) is 118 Å².